The van der Waals surface area contributed by atoms with Gasteiger partial charge in [0.15, 0.2) is 0 Å². The highest BCUT2D eigenvalue weighted by molar-refractivity contribution is 5.94. The van der Waals surface area contributed by atoms with Crippen LogP contribution in [0.2, 0.25) is 0 Å². The van der Waals surface area contributed by atoms with Crippen LogP contribution in [0.4, 0.5) is 0 Å². The van der Waals surface area contributed by atoms with Crippen molar-refractivity contribution in [3.63, 3.8) is 0 Å². The number of nitrogens with zero attached hydrogens (tertiary/aromatic N) is 2. The Hall–Kier alpha value is -2.20. The maximum absolute atomic E-state index is 12.5. The molecule has 4 heteroatoms. The molecule has 1 amide bonds. The van der Waals surface area contributed by atoms with Crippen molar-refractivity contribution in [2.75, 3.05) is 13.1 Å². The molecular weight excluding hydrogens is 310 g/mol. The van der Waals surface area contributed by atoms with Gasteiger partial charge in [-0.3, -0.25) is 14.7 Å². The molecule has 1 aromatic heterocycles. The van der Waals surface area contributed by atoms with Gasteiger partial charge in [-0.15, -0.1) is 0 Å². The predicted octanol–water partition coefficient (Wildman–Crippen LogP) is 2.96. The fourth-order valence-electron chi connectivity index (χ4n) is 3.78. The van der Waals surface area contributed by atoms with Gasteiger partial charge >= 0.3 is 0 Å². The van der Waals surface area contributed by atoms with E-state index >= 15 is 0 Å². The summed E-state index contributed by atoms with van der Waals surface area (Å²) in [5.74, 6) is -0.0199. The summed E-state index contributed by atoms with van der Waals surface area (Å²) >= 11 is 0. The molecule has 1 saturated carbocycles. The van der Waals surface area contributed by atoms with E-state index in [0.717, 1.165) is 43.2 Å². The number of fused-ring (bicyclic) bond motifs is 1. The largest absolute Gasteiger partial charge is 0.346 e. The second-order valence-electron chi connectivity index (χ2n) is 7.11. The van der Waals surface area contributed by atoms with E-state index in [9.17, 15) is 4.79 Å². The van der Waals surface area contributed by atoms with E-state index in [-0.39, 0.29) is 5.91 Å². The lowest BCUT2D eigenvalue weighted by atomic mass is 9.91. The minimum atomic E-state index is -0.0199. The third kappa shape index (κ3) is 3.74. The van der Waals surface area contributed by atoms with Gasteiger partial charge < -0.3 is 5.32 Å². The van der Waals surface area contributed by atoms with Crippen LogP contribution in [0.5, 0.6) is 0 Å². The average molecular weight is 335 g/mol. The molecule has 2 aromatic rings. The van der Waals surface area contributed by atoms with Crippen LogP contribution in [0.1, 0.15) is 46.4 Å². The second kappa shape index (κ2) is 7.36. The lowest BCUT2D eigenvalue weighted by Gasteiger charge is -2.36. The molecular formula is C21H25N3O. The highest BCUT2D eigenvalue weighted by atomic mass is 16.1. The summed E-state index contributed by atoms with van der Waals surface area (Å²) < 4.78 is 0. The highest BCUT2D eigenvalue weighted by Crippen LogP contribution is 2.27. The first-order chi connectivity index (χ1) is 12.3. The maximum Gasteiger partial charge on any atom is 0.251 e. The number of nitrogens with one attached hydrogen (secondary N) is 1. The number of hydrogen-bond acceptors (Lipinski definition) is 3. The van der Waals surface area contributed by atoms with Gasteiger partial charge in [0.2, 0.25) is 0 Å². The Morgan fingerprint density at radius 2 is 1.96 bits per heavy atom. The number of benzene rings is 1. The average Bonchev–Trinajstić information content (AvgIpc) is 2.81. The molecule has 1 fully saturated rings. The zero-order valence-corrected chi connectivity index (χ0v) is 14.6. The van der Waals surface area contributed by atoms with Crippen LogP contribution in [-0.4, -0.2) is 34.9 Å². The first-order valence-corrected chi connectivity index (χ1v) is 9.33. The number of amides is 1. The molecule has 4 rings (SSSR count). The Balaban J connectivity index is 1.40. The minimum Gasteiger partial charge on any atom is -0.346 e. The van der Waals surface area contributed by atoms with Gasteiger partial charge in [0.25, 0.3) is 5.91 Å². The molecule has 0 atom stereocenters. The summed E-state index contributed by atoms with van der Waals surface area (Å²) in [7, 11) is 0. The van der Waals surface area contributed by atoms with Crippen LogP contribution in [-0.2, 0) is 19.4 Å². The summed E-state index contributed by atoms with van der Waals surface area (Å²) in [6.07, 6.45) is 8.00. The van der Waals surface area contributed by atoms with Gasteiger partial charge in [0, 0.05) is 30.9 Å². The smallest absolute Gasteiger partial charge is 0.251 e. The second-order valence-corrected chi connectivity index (χ2v) is 7.11. The topological polar surface area (TPSA) is 45.2 Å². The molecule has 4 nitrogen and oxygen atoms in total. The van der Waals surface area contributed by atoms with E-state index in [1.165, 1.54) is 30.4 Å². The van der Waals surface area contributed by atoms with Crippen molar-refractivity contribution in [1.29, 1.82) is 0 Å². The predicted molar refractivity (Wildman–Crippen MR) is 98.5 cm³/mol. The summed E-state index contributed by atoms with van der Waals surface area (Å²) in [6.45, 7) is 2.74. The van der Waals surface area contributed by atoms with Crippen molar-refractivity contribution >= 4 is 5.91 Å². The number of pyridine rings is 1. The lowest BCUT2D eigenvalue weighted by Crippen LogP contribution is -2.41. The van der Waals surface area contributed by atoms with Crippen LogP contribution < -0.4 is 5.32 Å². The van der Waals surface area contributed by atoms with Crippen molar-refractivity contribution in [3.8, 4) is 0 Å². The van der Waals surface area contributed by atoms with E-state index in [2.05, 4.69) is 27.3 Å². The van der Waals surface area contributed by atoms with E-state index in [1.54, 1.807) is 6.20 Å². The molecule has 1 N–H and O–H groups in total. The van der Waals surface area contributed by atoms with Crippen LogP contribution >= 0.6 is 0 Å². The van der Waals surface area contributed by atoms with Gasteiger partial charge in [-0.2, -0.15) is 0 Å². The molecule has 0 unspecified atom stereocenters. The maximum atomic E-state index is 12.5. The van der Waals surface area contributed by atoms with Crippen LogP contribution in [0, 0.1) is 0 Å². The SMILES string of the molecule is O=C(NCc1ccccn1)c1ccc2c(c1)CCN(C1CCC1)CC2. The van der Waals surface area contributed by atoms with E-state index in [4.69, 9.17) is 0 Å². The molecule has 1 aromatic carbocycles. The van der Waals surface area contributed by atoms with Gasteiger partial charge in [0.1, 0.15) is 0 Å². The Morgan fingerprint density at radius 1 is 1.12 bits per heavy atom. The summed E-state index contributed by atoms with van der Waals surface area (Å²) in [6, 6.07) is 12.7. The summed E-state index contributed by atoms with van der Waals surface area (Å²) in [5, 5.41) is 2.97. The van der Waals surface area contributed by atoms with Crippen molar-refractivity contribution in [2.45, 2.75) is 44.7 Å². The summed E-state index contributed by atoms with van der Waals surface area (Å²) in [5.41, 5.74) is 4.38. The van der Waals surface area contributed by atoms with Gasteiger partial charge in [0.05, 0.1) is 12.2 Å². The van der Waals surface area contributed by atoms with Gasteiger partial charge in [-0.1, -0.05) is 18.6 Å². The fraction of sp³-hybridized carbons (Fsp3) is 0.429. The third-order valence-electron chi connectivity index (χ3n) is 5.55. The van der Waals surface area contributed by atoms with E-state index in [1.807, 2.05) is 24.3 Å². The van der Waals surface area contributed by atoms with Crippen LogP contribution in [0.3, 0.4) is 0 Å². The Kier molecular flexibility index (Phi) is 4.79. The molecule has 1 aliphatic carbocycles. The van der Waals surface area contributed by atoms with Crippen molar-refractivity contribution < 1.29 is 4.79 Å². The normalized spacial score (nSPS) is 18.1. The Labute approximate surface area is 149 Å². The lowest BCUT2D eigenvalue weighted by molar-refractivity contribution is 0.0950. The van der Waals surface area contributed by atoms with Gasteiger partial charge in [-0.25, -0.2) is 0 Å². The molecule has 1 aliphatic heterocycles. The van der Waals surface area contributed by atoms with Crippen LogP contribution in [0.15, 0.2) is 42.6 Å². The zero-order valence-electron chi connectivity index (χ0n) is 14.6. The molecule has 25 heavy (non-hydrogen) atoms. The van der Waals surface area contributed by atoms with E-state index < -0.39 is 0 Å². The number of rotatable bonds is 4. The van der Waals surface area contributed by atoms with Crippen molar-refractivity contribution in [1.82, 2.24) is 15.2 Å². The highest BCUT2D eigenvalue weighted by Gasteiger charge is 2.26. The molecule has 130 valence electrons. The van der Waals surface area contributed by atoms with Crippen molar-refractivity contribution in [3.05, 3.63) is 65.0 Å². The molecule has 0 spiro atoms. The first kappa shape index (κ1) is 16.3. The molecule has 2 heterocycles. The van der Waals surface area contributed by atoms with Crippen molar-refractivity contribution in [2.24, 2.45) is 0 Å². The fourth-order valence-corrected chi connectivity index (χ4v) is 3.78. The summed E-state index contributed by atoms with van der Waals surface area (Å²) in [4.78, 5) is 19.4. The number of carbonyl (C=O) groups excluding carboxylic acids is 1. The number of carbonyl (C=O) groups is 1. The minimum absolute atomic E-state index is 0.0199. The monoisotopic (exact) mass is 335 g/mol. The molecule has 0 saturated heterocycles. The third-order valence-corrected chi connectivity index (χ3v) is 5.55. The molecule has 0 radical (unpaired) electrons. The van der Waals surface area contributed by atoms with Gasteiger partial charge in [-0.05, 0) is 61.1 Å². The van der Waals surface area contributed by atoms with E-state index in [0.29, 0.717) is 6.54 Å². The molecule has 0 bridgehead atoms. The Bertz CT molecular complexity index is 740. The number of hydrogen-bond donors (Lipinski definition) is 1. The Morgan fingerprint density at radius 3 is 2.68 bits per heavy atom. The zero-order chi connectivity index (χ0) is 17.1. The molecule has 2 aliphatic rings. The number of aromatic nitrogens is 1. The van der Waals surface area contributed by atoms with Crippen LogP contribution in [0.25, 0.3) is 0 Å². The quantitative estimate of drug-likeness (QED) is 0.934. The first-order valence-electron chi connectivity index (χ1n) is 9.33. The standard InChI is InChI=1S/C21H25N3O/c25-21(23-15-19-4-1-2-11-22-19)18-8-7-16-9-12-24(20-5-3-6-20)13-10-17(16)14-18/h1-2,4,7-8,11,14,20H,3,5-6,9-10,12-13,15H2,(H,23,25).